The van der Waals surface area contributed by atoms with Crippen LogP contribution in [0.4, 0.5) is 0 Å². The molecule has 8 rings (SSSR count). The number of rotatable bonds is 7. The molecule has 8 aromatic rings. The first-order valence-electron chi connectivity index (χ1n) is 16.7. The van der Waals surface area contributed by atoms with Crippen LogP contribution in [0.25, 0.3) is 55.6 Å². The fraction of sp³-hybridized carbons (Fsp3) is 0.136. The van der Waals surface area contributed by atoms with E-state index in [4.69, 9.17) is 14.8 Å². The summed E-state index contributed by atoms with van der Waals surface area (Å²) in [6.07, 6.45) is 1.86. The Labute approximate surface area is 307 Å². The van der Waals surface area contributed by atoms with Crippen molar-refractivity contribution in [1.82, 2.24) is 19.3 Å². The van der Waals surface area contributed by atoms with Gasteiger partial charge in [0.15, 0.2) is 0 Å². The Morgan fingerprint density at radius 1 is 0.680 bits per heavy atom. The summed E-state index contributed by atoms with van der Waals surface area (Å²) in [6, 6.07) is 47.2. The van der Waals surface area contributed by atoms with Crippen molar-refractivity contribution in [2.75, 3.05) is 0 Å². The molecule has 0 unspecified atom stereocenters. The number of benzene rings is 5. The van der Waals surface area contributed by atoms with Gasteiger partial charge in [0, 0.05) is 34.5 Å². The van der Waals surface area contributed by atoms with Gasteiger partial charge < -0.3 is 9.30 Å². The number of hydrogen-bond donors (Lipinski definition) is 0. The van der Waals surface area contributed by atoms with Gasteiger partial charge in [-0.05, 0) is 78.2 Å². The number of nitrogens with zero attached hydrogens (tertiary/aromatic N) is 4. The van der Waals surface area contributed by atoms with Gasteiger partial charge in [-0.25, -0.2) is 4.98 Å². The molecule has 0 radical (unpaired) electrons. The zero-order chi connectivity index (χ0) is 33.6. The molecule has 0 amide bonds. The van der Waals surface area contributed by atoms with Crippen LogP contribution in [0.15, 0.2) is 121 Å². The fourth-order valence-corrected chi connectivity index (χ4v) is 6.74. The molecule has 0 aliphatic carbocycles. The second kappa shape index (κ2) is 13.6. The van der Waals surface area contributed by atoms with E-state index < -0.39 is 0 Å². The molecule has 6 heteroatoms. The Morgan fingerprint density at radius 2 is 1.42 bits per heavy atom. The molecule has 0 atom stereocenters. The topological polar surface area (TPSA) is 44.9 Å². The van der Waals surface area contributed by atoms with Gasteiger partial charge in [-0.2, -0.15) is 11.2 Å². The Kier molecular flexibility index (Phi) is 9.03. The van der Waals surface area contributed by atoms with Crippen molar-refractivity contribution in [2.45, 2.75) is 40.5 Å². The second-order valence-electron chi connectivity index (χ2n) is 13.0. The van der Waals surface area contributed by atoms with Gasteiger partial charge in [-0.1, -0.05) is 92.2 Å². The first-order chi connectivity index (χ1) is 23.8. The summed E-state index contributed by atoms with van der Waals surface area (Å²) in [5.74, 6) is 2.35. The third-order valence-corrected chi connectivity index (χ3v) is 9.21. The predicted octanol–water partition coefficient (Wildman–Crippen LogP) is 11.1. The van der Waals surface area contributed by atoms with Crippen LogP contribution in [-0.2, 0) is 21.1 Å². The van der Waals surface area contributed by atoms with E-state index in [1.807, 2.05) is 35.1 Å². The third-order valence-electron chi connectivity index (χ3n) is 9.21. The molecule has 5 nitrogen and oxygen atoms in total. The van der Waals surface area contributed by atoms with Crippen molar-refractivity contribution in [3.8, 4) is 45.3 Å². The van der Waals surface area contributed by atoms with Crippen LogP contribution in [-0.4, -0.2) is 19.3 Å². The molecular weight excluding hydrogens is 796 g/mol. The van der Waals surface area contributed by atoms with E-state index in [0.29, 0.717) is 11.5 Å². The summed E-state index contributed by atoms with van der Waals surface area (Å²) >= 11 is 0. The first-order valence-corrected chi connectivity index (χ1v) is 16.7. The Balaban J connectivity index is 0.00000392. The maximum absolute atomic E-state index is 6.62. The van der Waals surface area contributed by atoms with Crippen LogP contribution in [0, 0.1) is 32.9 Å². The molecular formula is C44H36N4OPt. The van der Waals surface area contributed by atoms with E-state index in [1.165, 1.54) is 5.56 Å². The molecule has 3 heterocycles. The van der Waals surface area contributed by atoms with E-state index >= 15 is 0 Å². The van der Waals surface area contributed by atoms with Crippen molar-refractivity contribution < 1.29 is 25.8 Å². The predicted molar refractivity (Wildman–Crippen MR) is 199 cm³/mol. The summed E-state index contributed by atoms with van der Waals surface area (Å²) < 4.78 is 10.8. The summed E-state index contributed by atoms with van der Waals surface area (Å²) in [5, 5.41) is 7.18. The number of fused-ring (bicyclic) bond motifs is 3. The zero-order valence-corrected chi connectivity index (χ0v) is 30.9. The van der Waals surface area contributed by atoms with Gasteiger partial charge in [0.25, 0.3) is 0 Å². The van der Waals surface area contributed by atoms with Crippen LogP contribution >= 0.6 is 0 Å². The summed E-state index contributed by atoms with van der Waals surface area (Å²) in [6.45, 7) is 10.6. The van der Waals surface area contributed by atoms with Crippen molar-refractivity contribution in [1.29, 1.82) is 0 Å². The second-order valence-corrected chi connectivity index (χ2v) is 13.0. The van der Waals surface area contributed by atoms with E-state index in [0.717, 1.165) is 72.5 Å². The number of hydrogen-bond acceptors (Lipinski definition) is 3. The van der Waals surface area contributed by atoms with Gasteiger partial charge in [-0.3, -0.25) is 4.68 Å². The normalized spacial score (nSPS) is 11.3. The van der Waals surface area contributed by atoms with Crippen LogP contribution in [0.2, 0.25) is 0 Å². The maximum Gasteiger partial charge on any atom is 2.00 e. The van der Waals surface area contributed by atoms with Crippen molar-refractivity contribution in [3.63, 3.8) is 0 Å². The SMILES string of the molecule is Cc1ccnc(-n2c3[c-]c(Oc4[c-]c(-n5nc(C)c(-c6ccccc6)c5C)cc(C(C)C)c4)ccc3c3cc(-c4ccccc4)ccc32)c1.[Pt+2]. The van der Waals surface area contributed by atoms with Crippen LogP contribution in [0.1, 0.15) is 42.3 Å². The molecule has 248 valence electrons. The van der Waals surface area contributed by atoms with Gasteiger partial charge in [0.2, 0.25) is 0 Å². The molecule has 0 saturated heterocycles. The zero-order valence-electron chi connectivity index (χ0n) is 28.6. The quantitative estimate of drug-likeness (QED) is 0.150. The summed E-state index contributed by atoms with van der Waals surface area (Å²) in [4.78, 5) is 4.78. The van der Waals surface area contributed by atoms with Crippen molar-refractivity contribution >= 4 is 21.8 Å². The fourth-order valence-electron chi connectivity index (χ4n) is 6.74. The van der Waals surface area contributed by atoms with Gasteiger partial charge >= 0.3 is 21.1 Å². The maximum atomic E-state index is 6.62. The standard InChI is InChI=1S/C44H36N4O.Pt/c1-28(2)35-23-36(48-31(5)44(30(4)46-48)33-14-10-7-11-15-33)26-38(24-35)49-37-17-18-39-40-25-34(32-12-8-6-9-13-32)16-19-41(40)47(42(39)27-37)43-22-29(3)20-21-45-43;/h6-25,28H,1-5H3;/q-2;+2. The largest absolute Gasteiger partial charge is 2.00 e. The number of pyridine rings is 1. The molecule has 0 spiro atoms. The van der Waals surface area contributed by atoms with Gasteiger partial charge in [0.05, 0.1) is 5.69 Å². The first kappa shape index (κ1) is 33.3. The Bertz CT molecular complexity index is 2480. The van der Waals surface area contributed by atoms with Crippen LogP contribution in [0.5, 0.6) is 11.5 Å². The Hall–Kier alpha value is -5.25. The molecule has 0 fully saturated rings. The monoisotopic (exact) mass is 831 g/mol. The minimum Gasteiger partial charge on any atom is -0.509 e. The van der Waals surface area contributed by atoms with E-state index in [1.54, 1.807) is 0 Å². The van der Waals surface area contributed by atoms with Crippen molar-refractivity contribution in [3.05, 3.63) is 156 Å². The minimum atomic E-state index is 0. The number of aromatic nitrogens is 4. The molecule has 50 heavy (non-hydrogen) atoms. The van der Waals surface area contributed by atoms with Crippen LogP contribution < -0.4 is 4.74 Å². The number of ether oxygens (including phenoxy) is 1. The smallest absolute Gasteiger partial charge is 0.509 e. The molecule has 3 aromatic heterocycles. The van der Waals surface area contributed by atoms with E-state index in [-0.39, 0.29) is 27.0 Å². The average molecular weight is 832 g/mol. The third kappa shape index (κ3) is 6.07. The molecule has 0 aliphatic rings. The van der Waals surface area contributed by atoms with Crippen LogP contribution in [0.3, 0.4) is 0 Å². The van der Waals surface area contributed by atoms with Crippen molar-refractivity contribution in [2.24, 2.45) is 0 Å². The van der Waals surface area contributed by atoms with E-state index in [9.17, 15) is 0 Å². The van der Waals surface area contributed by atoms with E-state index in [2.05, 4.69) is 142 Å². The van der Waals surface area contributed by atoms with Gasteiger partial charge in [0.1, 0.15) is 5.82 Å². The molecule has 5 aromatic carbocycles. The minimum absolute atomic E-state index is 0. The molecule has 0 saturated carbocycles. The molecule has 0 bridgehead atoms. The summed E-state index contributed by atoms with van der Waals surface area (Å²) in [7, 11) is 0. The summed E-state index contributed by atoms with van der Waals surface area (Å²) in [5.41, 5.74) is 11.8. The molecule has 0 aliphatic heterocycles. The number of aryl methyl sites for hydroxylation is 2. The average Bonchev–Trinajstić information content (AvgIpc) is 3.60. The Morgan fingerprint density at radius 3 is 2.14 bits per heavy atom. The molecule has 0 N–H and O–H groups in total. The van der Waals surface area contributed by atoms with Gasteiger partial charge in [-0.15, -0.1) is 41.3 Å².